The molecule has 1 atom stereocenters. The van der Waals surface area contributed by atoms with Crippen LogP contribution in [0.4, 0.5) is 0 Å². The largest absolute Gasteiger partial charge is 0.494 e. The Labute approximate surface area is 158 Å². The molecule has 142 valence electrons. The Morgan fingerprint density at radius 2 is 1.85 bits per heavy atom. The summed E-state index contributed by atoms with van der Waals surface area (Å²) in [6, 6.07) is 14.5. The van der Waals surface area contributed by atoms with Crippen LogP contribution in [0.3, 0.4) is 0 Å². The van der Waals surface area contributed by atoms with Crippen molar-refractivity contribution in [1.29, 1.82) is 0 Å². The van der Waals surface area contributed by atoms with E-state index in [0.717, 1.165) is 5.75 Å². The van der Waals surface area contributed by atoms with E-state index in [-0.39, 0.29) is 17.8 Å². The number of ether oxygens (including phenoxy) is 3. The lowest BCUT2D eigenvalue weighted by Gasteiger charge is -2.26. The van der Waals surface area contributed by atoms with Crippen LogP contribution in [0.25, 0.3) is 0 Å². The number of carbonyl (C=O) groups excluding carboxylic acids is 2. The number of rotatable bonds is 8. The minimum atomic E-state index is -0.195. The molecular weight excluding hydrogens is 346 g/mol. The molecule has 0 radical (unpaired) electrons. The Bertz CT molecular complexity index is 787. The maximum Gasteiger partial charge on any atom is 0.220 e. The summed E-state index contributed by atoms with van der Waals surface area (Å²) < 4.78 is 17.0. The summed E-state index contributed by atoms with van der Waals surface area (Å²) in [4.78, 5) is 23.2. The molecule has 0 aliphatic carbocycles. The second kappa shape index (κ2) is 9.07. The fourth-order valence-corrected chi connectivity index (χ4v) is 2.69. The van der Waals surface area contributed by atoms with Crippen molar-refractivity contribution < 1.29 is 23.8 Å². The van der Waals surface area contributed by atoms with Crippen molar-refractivity contribution >= 4 is 11.7 Å². The zero-order chi connectivity index (χ0) is 19.1. The first-order valence-electron chi connectivity index (χ1n) is 9.01. The molecule has 1 aliphatic heterocycles. The van der Waals surface area contributed by atoms with Gasteiger partial charge in [0.25, 0.3) is 0 Å². The first-order valence-corrected chi connectivity index (χ1v) is 9.01. The molecule has 3 rings (SSSR count). The lowest BCUT2D eigenvalue weighted by atomic mass is 10.1. The van der Waals surface area contributed by atoms with Gasteiger partial charge < -0.3 is 19.5 Å². The number of Topliss-reactive ketones (excluding diaryl/α,β-unsaturated/α-hetero) is 1. The summed E-state index contributed by atoms with van der Waals surface area (Å²) in [6.07, 6.45) is 0.779. The number of hydrogen-bond donors (Lipinski definition) is 1. The van der Waals surface area contributed by atoms with Gasteiger partial charge in [0.05, 0.1) is 13.2 Å². The minimum absolute atomic E-state index is 0.0223. The first-order chi connectivity index (χ1) is 13.1. The molecule has 6 nitrogen and oxygen atoms in total. The number of fused-ring (bicyclic) bond motifs is 1. The highest BCUT2D eigenvalue weighted by atomic mass is 16.6. The number of benzene rings is 2. The summed E-state index contributed by atoms with van der Waals surface area (Å²) in [5.74, 6) is 2.09. The third kappa shape index (κ3) is 5.48. The average Bonchev–Trinajstić information content (AvgIpc) is 2.70. The third-order valence-electron chi connectivity index (χ3n) is 4.17. The van der Waals surface area contributed by atoms with Crippen molar-refractivity contribution in [2.75, 3.05) is 19.8 Å². The lowest BCUT2D eigenvalue weighted by Crippen LogP contribution is -2.40. The topological polar surface area (TPSA) is 73.9 Å². The molecule has 1 heterocycles. The second-order valence-corrected chi connectivity index (χ2v) is 6.33. The van der Waals surface area contributed by atoms with Crippen molar-refractivity contribution in [3.05, 3.63) is 54.1 Å². The molecule has 0 unspecified atom stereocenters. The number of ketones is 1. The molecule has 2 aromatic rings. The van der Waals surface area contributed by atoms with E-state index in [0.29, 0.717) is 49.7 Å². The summed E-state index contributed by atoms with van der Waals surface area (Å²) in [7, 11) is 0. The molecular formula is C21H23NO5. The van der Waals surface area contributed by atoms with Crippen molar-refractivity contribution in [1.82, 2.24) is 5.32 Å². The Morgan fingerprint density at radius 1 is 1.11 bits per heavy atom. The molecule has 0 saturated heterocycles. The van der Waals surface area contributed by atoms with E-state index in [1.54, 1.807) is 24.3 Å². The standard InChI is InChI=1S/C21H23NO5/c1-15(23)16-8-10-17(11-9-16)25-12-4-7-21(24)22-13-18-14-26-19-5-2-3-6-20(19)27-18/h2-3,5-6,8-11,18H,4,7,12-14H2,1H3,(H,22,24)/t18-/m0/s1. The van der Waals surface area contributed by atoms with Gasteiger partial charge in [0.15, 0.2) is 17.3 Å². The van der Waals surface area contributed by atoms with Gasteiger partial charge in [-0.2, -0.15) is 0 Å². The van der Waals surface area contributed by atoms with Crippen LogP contribution in [0, 0.1) is 0 Å². The molecule has 0 fully saturated rings. The summed E-state index contributed by atoms with van der Waals surface area (Å²) >= 11 is 0. The molecule has 27 heavy (non-hydrogen) atoms. The quantitative estimate of drug-likeness (QED) is 0.572. The van der Waals surface area contributed by atoms with Gasteiger partial charge in [-0.15, -0.1) is 0 Å². The number of amides is 1. The van der Waals surface area contributed by atoms with Gasteiger partial charge in [-0.1, -0.05) is 12.1 Å². The van der Waals surface area contributed by atoms with E-state index >= 15 is 0 Å². The molecule has 1 amide bonds. The maximum absolute atomic E-state index is 12.0. The first kappa shape index (κ1) is 18.8. The highest BCUT2D eigenvalue weighted by molar-refractivity contribution is 5.94. The van der Waals surface area contributed by atoms with Crippen LogP contribution in [0.1, 0.15) is 30.1 Å². The van der Waals surface area contributed by atoms with Gasteiger partial charge in [-0.25, -0.2) is 0 Å². The zero-order valence-electron chi connectivity index (χ0n) is 15.3. The normalized spacial score (nSPS) is 15.1. The Morgan fingerprint density at radius 3 is 2.59 bits per heavy atom. The third-order valence-corrected chi connectivity index (χ3v) is 4.17. The minimum Gasteiger partial charge on any atom is -0.494 e. The number of para-hydroxylation sites is 2. The zero-order valence-corrected chi connectivity index (χ0v) is 15.3. The van der Waals surface area contributed by atoms with Gasteiger partial charge in [0, 0.05) is 12.0 Å². The van der Waals surface area contributed by atoms with E-state index in [4.69, 9.17) is 14.2 Å². The van der Waals surface area contributed by atoms with Crippen LogP contribution >= 0.6 is 0 Å². The molecule has 0 bridgehead atoms. The Kier molecular flexibility index (Phi) is 6.30. The van der Waals surface area contributed by atoms with E-state index in [9.17, 15) is 9.59 Å². The van der Waals surface area contributed by atoms with Gasteiger partial charge in [0.2, 0.25) is 5.91 Å². The van der Waals surface area contributed by atoms with Crippen LogP contribution in [-0.4, -0.2) is 37.6 Å². The maximum atomic E-state index is 12.0. The summed E-state index contributed by atoms with van der Waals surface area (Å²) in [6.45, 7) is 2.78. The monoisotopic (exact) mass is 369 g/mol. The lowest BCUT2D eigenvalue weighted by molar-refractivity contribution is -0.121. The van der Waals surface area contributed by atoms with Crippen molar-refractivity contribution in [3.63, 3.8) is 0 Å². The Hall–Kier alpha value is -3.02. The molecule has 1 aliphatic rings. The van der Waals surface area contributed by atoms with Crippen molar-refractivity contribution in [3.8, 4) is 17.2 Å². The molecule has 6 heteroatoms. The van der Waals surface area contributed by atoms with Gasteiger partial charge in [-0.3, -0.25) is 9.59 Å². The summed E-state index contributed by atoms with van der Waals surface area (Å²) in [5, 5.41) is 2.86. The highest BCUT2D eigenvalue weighted by Gasteiger charge is 2.20. The predicted octanol–water partition coefficient (Wildman–Crippen LogP) is 3.00. The van der Waals surface area contributed by atoms with Crippen LogP contribution in [0.15, 0.2) is 48.5 Å². The van der Waals surface area contributed by atoms with Gasteiger partial charge in [-0.05, 0) is 49.7 Å². The highest BCUT2D eigenvalue weighted by Crippen LogP contribution is 2.30. The van der Waals surface area contributed by atoms with Crippen molar-refractivity contribution in [2.45, 2.75) is 25.9 Å². The fraction of sp³-hybridized carbons (Fsp3) is 0.333. The predicted molar refractivity (Wildman–Crippen MR) is 101 cm³/mol. The molecule has 0 aromatic heterocycles. The number of nitrogens with one attached hydrogen (secondary N) is 1. The fourth-order valence-electron chi connectivity index (χ4n) is 2.69. The van der Waals surface area contributed by atoms with E-state index in [1.807, 2.05) is 24.3 Å². The van der Waals surface area contributed by atoms with E-state index in [2.05, 4.69) is 5.32 Å². The van der Waals surface area contributed by atoms with E-state index < -0.39 is 0 Å². The molecule has 1 N–H and O–H groups in total. The average molecular weight is 369 g/mol. The van der Waals surface area contributed by atoms with E-state index in [1.165, 1.54) is 6.92 Å². The van der Waals surface area contributed by atoms with Gasteiger partial charge >= 0.3 is 0 Å². The van der Waals surface area contributed by atoms with Gasteiger partial charge in [0.1, 0.15) is 18.5 Å². The smallest absolute Gasteiger partial charge is 0.220 e. The number of hydrogen-bond acceptors (Lipinski definition) is 5. The van der Waals surface area contributed by atoms with Crippen LogP contribution in [0.2, 0.25) is 0 Å². The molecule has 0 saturated carbocycles. The molecule has 0 spiro atoms. The van der Waals surface area contributed by atoms with Crippen LogP contribution in [0.5, 0.6) is 17.2 Å². The SMILES string of the molecule is CC(=O)c1ccc(OCCCC(=O)NC[C@H]2COc3ccccc3O2)cc1. The van der Waals surface area contributed by atoms with Crippen LogP contribution < -0.4 is 19.5 Å². The van der Waals surface area contributed by atoms with Crippen LogP contribution in [-0.2, 0) is 4.79 Å². The van der Waals surface area contributed by atoms with Crippen molar-refractivity contribution in [2.24, 2.45) is 0 Å². The Balaban J connectivity index is 1.31. The second-order valence-electron chi connectivity index (χ2n) is 6.33. The molecule has 2 aromatic carbocycles. The number of carbonyl (C=O) groups is 2. The summed E-state index contributed by atoms with van der Waals surface area (Å²) in [5.41, 5.74) is 0.651.